The predicted octanol–water partition coefficient (Wildman–Crippen LogP) is 6.37. The van der Waals surface area contributed by atoms with Crippen LogP contribution >= 0.6 is 11.6 Å². The van der Waals surface area contributed by atoms with Gasteiger partial charge in [-0.1, -0.05) is 72.3 Å². The number of nitrogens with zero attached hydrogens (tertiary/aromatic N) is 2. The molecule has 168 valence electrons. The number of fused-ring (bicyclic) bond motifs is 3. The molecule has 0 bridgehead atoms. The van der Waals surface area contributed by atoms with Gasteiger partial charge in [-0.15, -0.1) is 0 Å². The minimum absolute atomic E-state index is 0.252. The van der Waals surface area contributed by atoms with Gasteiger partial charge in [-0.25, -0.2) is 0 Å². The number of aliphatic imine (C=N–C) groups is 1. The number of halogens is 4. The van der Waals surface area contributed by atoms with Crippen molar-refractivity contribution in [2.75, 3.05) is 19.7 Å². The zero-order valence-electron chi connectivity index (χ0n) is 17.5. The van der Waals surface area contributed by atoms with Crippen molar-refractivity contribution in [2.24, 2.45) is 4.99 Å². The highest BCUT2D eigenvalue weighted by Crippen LogP contribution is 2.47. The van der Waals surface area contributed by atoms with Crippen LogP contribution in [0.25, 0.3) is 6.08 Å². The minimum atomic E-state index is -4.35. The van der Waals surface area contributed by atoms with Gasteiger partial charge in [0.05, 0.1) is 18.7 Å². The Labute approximate surface area is 194 Å². The van der Waals surface area contributed by atoms with Gasteiger partial charge in [-0.3, -0.25) is 4.99 Å². The molecular formula is C26H20ClF3N2O. The summed E-state index contributed by atoms with van der Waals surface area (Å²) in [4.78, 5) is 6.88. The molecule has 0 fully saturated rings. The summed E-state index contributed by atoms with van der Waals surface area (Å²) in [5.41, 5.74) is 2.13. The lowest BCUT2D eigenvalue weighted by Crippen LogP contribution is -2.46. The van der Waals surface area contributed by atoms with Gasteiger partial charge < -0.3 is 9.64 Å². The first-order valence-corrected chi connectivity index (χ1v) is 10.9. The average Bonchev–Trinajstić information content (AvgIpc) is 3.39. The number of alkyl halides is 3. The van der Waals surface area contributed by atoms with Crippen molar-refractivity contribution in [1.82, 2.24) is 4.90 Å². The highest BCUT2D eigenvalue weighted by Gasteiger charge is 2.51. The van der Waals surface area contributed by atoms with Gasteiger partial charge in [-0.05, 0) is 29.8 Å². The van der Waals surface area contributed by atoms with Gasteiger partial charge in [0, 0.05) is 28.3 Å². The summed E-state index contributed by atoms with van der Waals surface area (Å²) in [5, 5.41) is 0.637. The molecule has 2 aliphatic rings. The van der Waals surface area contributed by atoms with Gasteiger partial charge in [0.25, 0.3) is 0 Å². The molecule has 3 nitrogen and oxygen atoms in total. The van der Waals surface area contributed by atoms with Crippen LogP contribution in [0, 0.1) is 0 Å². The van der Waals surface area contributed by atoms with Crippen molar-refractivity contribution >= 4 is 23.5 Å². The second-order valence-electron chi connectivity index (χ2n) is 7.89. The molecule has 1 unspecified atom stereocenters. The Morgan fingerprint density at radius 1 is 1.00 bits per heavy atom. The van der Waals surface area contributed by atoms with Crippen LogP contribution in [0.5, 0.6) is 0 Å². The fourth-order valence-corrected chi connectivity index (χ4v) is 4.59. The summed E-state index contributed by atoms with van der Waals surface area (Å²) in [6.45, 7) is 1.65. The Hall–Kier alpha value is -3.09. The molecule has 2 aliphatic heterocycles. The van der Waals surface area contributed by atoms with Crippen molar-refractivity contribution in [2.45, 2.75) is 11.9 Å². The van der Waals surface area contributed by atoms with Crippen LogP contribution in [-0.2, 0) is 16.6 Å². The smallest absolute Gasteiger partial charge is 0.343 e. The number of ether oxygens (including phenoxy) is 1. The summed E-state index contributed by atoms with van der Waals surface area (Å²) in [7, 11) is 0. The van der Waals surface area contributed by atoms with E-state index in [2.05, 4.69) is 4.90 Å². The lowest BCUT2D eigenvalue weighted by atomic mass is 9.93. The van der Waals surface area contributed by atoms with Gasteiger partial charge in [0.1, 0.15) is 5.84 Å². The molecule has 2 heterocycles. The fourth-order valence-electron chi connectivity index (χ4n) is 4.47. The Balaban J connectivity index is 1.46. The lowest BCUT2D eigenvalue weighted by molar-refractivity contribution is -0.137. The summed E-state index contributed by atoms with van der Waals surface area (Å²) < 4.78 is 45.0. The third-order valence-corrected chi connectivity index (χ3v) is 6.18. The molecule has 0 saturated heterocycles. The maximum atomic E-state index is 12.8. The number of rotatable bonds is 5. The van der Waals surface area contributed by atoms with E-state index in [1.54, 1.807) is 6.08 Å². The highest BCUT2D eigenvalue weighted by molar-refractivity contribution is 6.30. The normalized spacial score (nSPS) is 19.6. The van der Waals surface area contributed by atoms with E-state index in [4.69, 9.17) is 21.3 Å². The molecule has 7 heteroatoms. The summed E-state index contributed by atoms with van der Waals surface area (Å²) in [5.74, 6) is 0.910. The highest BCUT2D eigenvalue weighted by atomic mass is 35.5. The number of hydrogen-bond donors (Lipinski definition) is 0. The second kappa shape index (κ2) is 8.36. The molecule has 5 rings (SSSR count). The molecule has 0 amide bonds. The topological polar surface area (TPSA) is 24.8 Å². The Bertz CT molecular complexity index is 1220. The molecule has 0 spiro atoms. The van der Waals surface area contributed by atoms with Crippen LogP contribution < -0.4 is 0 Å². The van der Waals surface area contributed by atoms with Crippen LogP contribution in [0.1, 0.15) is 27.8 Å². The first kappa shape index (κ1) is 21.7. The van der Waals surface area contributed by atoms with Gasteiger partial charge >= 0.3 is 6.18 Å². The maximum absolute atomic E-state index is 12.8. The molecule has 0 N–H and O–H groups in total. The molecule has 0 aromatic heterocycles. The van der Waals surface area contributed by atoms with Gasteiger partial charge in [0.15, 0.2) is 5.72 Å². The van der Waals surface area contributed by atoms with E-state index in [1.165, 1.54) is 12.1 Å². The van der Waals surface area contributed by atoms with Crippen LogP contribution in [-0.4, -0.2) is 30.4 Å². The largest absolute Gasteiger partial charge is 0.416 e. The number of hydrogen-bond acceptors (Lipinski definition) is 3. The molecule has 0 aliphatic carbocycles. The third kappa shape index (κ3) is 3.83. The minimum Gasteiger partial charge on any atom is -0.343 e. The van der Waals surface area contributed by atoms with Crippen molar-refractivity contribution in [3.8, 4) is 0 Å². The molecule has 33 heavy (non-hydrogen) atoms. The van der Waals surface area contributed by atoms with Crippen molar-refractivity contribution in [3.05, 3.63) is 112 Å². The van der Waals surface area contributed by atoms with Crippen molar-refractivity contribution < 1.29 is 17.9 Å². The molecule has 3 aromatic rings. The first-order valence-electron chi connectivity index (χ1n) is 10.6. The van der Waals surface area contributed by atoms with E-state index in [-0.39, 0.29) is 6.61 Å². The summed E-state index contributed by atoms with van der Waals surface area (Å²) in [6, 6.07) is 20.7. The third-order valence-electron chi connectivity index (χ3n) is 5.93. The molecule has 1 atom stereocenters. The Morgan fingerprint density at radius 3 is 2.45 bits per heavy atom. The van der Waals surface area contributed by atoms with Crippen molar-refractivity contribution in [1.29, 1.82) is 0 Å². The maximum Gasteiger partial charge on any atom is 0.416 e. The van der Waals surface area contributed by atoms with Crippen LogP contribution in [0.2, 0.25) is 5.02 Å². The fraction of sp³-hybridized carbons (Fsp3) is 0.192. The van der Waals surface area contributed by atoms with E-state index < -0.39 is 17.5 Å². The van der Waals surface area contributed by atoms with E-state index in [0.29, 0.717) is 17.1 Å². The Morgan fingerprint density at radius 2 is 1.73 bits per heavy atom. The standard InChI is InChI=1S/C26H20ClF3N2O/c27-21-13-11-19(12-14-21)25(23-6-2-1-5-22(23)24-31-15-16-32(24)25)33-17-3-4-18-7-9-20(10-8-18)26(28,29)30/h1-14H,15-17H2/b4-3+. The SMILES string of the molecule is FC(F)(F)c1ccc(/C=C/COC2(c3ccc(Cl)cc3)c3ccccc3C3=NCCN32)cc1. The number of benzene rings is 3. The van der Waals surface area contributed by atoms with Crippen LogP contribution in [0.15, 0.2) is 83.9 Å². The van der Waals surface area contributed by atoms with Crippen LogP contribution in [0.4, 0.5) is 13.2 Å². The molecule has 3 aromatic carbocycles. The van der Waals surface area contributed by atoms with Gasteiger partial charge in [0.2, 0.25) is 0 Å². The lowest BCUT2D eigenvalue weighted by Gasteiger charge is -2.38. The average molecular weight is 469 g/mol. The van der Waals surface area contributed by atoms with Crippen molar-refractivity contribution in [3.63, 3.8) is 0 Å². The molecule has 0 saturated carbocycles. The van der Waals surface area contributed by atoms with E-state index in [1.807, 2.05) is 54.6 Å². The Kier molecular flexibility index (Phi) is 5.51. The zero-order valence-corrected chi connectivity index (χ0v) is 18.3. The predicted molar refractivity (Wildman–Crippen MR) is 123 cm³/mol. The molecular weight excluding hydrogens is 449 g/mol. The molecule has 0 radical (unpaired) electrons. The van der Waals surface area contributed by atoms with Gasteiger partial charge in [-0.2, -0.15) is 13.2 Å². The monoisotopic (exact) mass is 468 g/mol. The van der Waals surface area contributed by atoms with Crippen LogP contribution in [0.3, 0.4) is 0 Å². The number of amidine groups is 1. The second-order valence-corrected chi connectivity index (χ2v) is 8.32. The van der Waals surface area contributed by atoms with E-state index in [0.717, 1.165) is 41.2 Å². The zero-order chi connectivity index (χ0) is 23.1. The summed E-state index contributed by atoms with van der Waals surface area (Å²) in [6.07, 6.45) is -0.773. The first-order chi connectivity index (χ1) is 15.9. The van der Waals surface area contributed by atoms with E-state index >= 15 is 0 Å². The van der Waals surface area contributed by atoms with E-state index in [9.17, 15) is 13.2 Å². The summed E-state index contributed by atoms with van der Waals surface area (Å²) >= 11 is 6.15. The quantitative estimate of drug-likeness (QED) is 0.435.